The van der Waals surface area contributed by atoms with Crippen LogP contribution < -0.4 is 0 Å². The number of aromatic nitrogens is 1. The Morgan fingerprint density at radius 2 is 2.50 bits per heavy atom. The van der Waals surface area contributed by atoms with Gasteiger partial charge >= 0.3 is 0 Å². The van der Waals surface area contributed by atoms with Crippen LogP contribution in [0.5, 0.6) is 0 Å². The summed E-state index contributed by atoms with van der Waals surface area (Å²) in [5, 5.41) is 8.86. The molecule has 2 atom stereocenters. The topological polar surface area (TPSA) is 39.9 Å². The number of pyridine rings is 1. The molecule has 0 spiro atoms. The molecule has 1 aromatic rings. The molecular formula is C11H13N3. The van der Waals surface area contributed by atoms with E-state index in [4.69, 9.17) is 5.26 Å². The number of nitriles is 1. The molecule has 0 aliphatic carbocycles. The molecule has 1 aliphatic rings. The van der Waals surface area contributed by atoms with Gasteiger partial charge < -0.3 is 0 Å². The molecule has 2 rings (SSSR count). The molecule has 1 saturated heterocycles. The molecular weight excluding hydrogens is 174 g/mol. The molecule has 0 radical (unpaired) electrons. The summed E-state index contributed by atoms with van der Waals surface area (Å²) in [7, 11) is 2.06. The van der Waals surface area contributed by atoms with Crippen molar-refractivity contribution < 1.29 is 0 Å². The first-order chi connectivity index (χ1) is 6.81. The van der Waals surface area contributed by atoms with E-state index in [1.165, 1.54) is 5.56 Å². The van der Waals surface area contributed by atoms with Crippen molar-refractivity contribution in [3.8, 4) is 6.07 Å². The zero-order chi connectivity index (χ0) is 9.97. The number of likely N-dealkylation sites (tertiary alicyclic amines) is 1. The van der Waals surface area contributed by atoms with Crippen molar-refractivity contribution in [2.24, 2.45) is 5.92 Å². The van der Waals surface area contributed by atoms with Gasteiger partial charge in [0.15, 0.2) is 0 Å². The van der Waals surface area contributed by atoms with Gasteiger partial charge in [-0.3, -0.25) is 9.88 Å². The predicted molar refractivity (Wildman–Crippen MR) is 53.3 cm³/mol. The first-order valence-corrected chi connectivity index (χ1v) is 4.81. The lowest BCUT2D eigenvalue weighted by molar-refractivity contribution is 0.315. The predicted octanol–water partition coefficient (Wildman–Crippen LogP) is 1.60. The van der Waals surface area contributed by atoms with Gasteiger partial charge in [-0.25, -0.2) is 0 Å². The Kier molecular flexibility index (Phi) is 2.47. The molecule has 0 N–H and O–H groups in total. The van der Waals surface area contributed by atoms with Crippen molar-refractivity contribution in [1.29, 1.82) is 5.26 Å². The van der Waals surface area contributed by atoms with Gasteiger partial charge in [-0.2, -0.15) is 5.26 Å². The van der Waals surface area contributed by atoms with E-state index >= 15 is 0 Å². The summed E-state index contributed by atoms with van der Waals surface area (Å²) < 4.78 is 0. The molecule has 3 heteroatoms. The second kappa shape index (κ2) is 3.77. The fourth-order valence-corrected chi connectivity index (χ4v) is 2.06. The molecule has 2 heterocycles. The zero-order valence-electron chi connectivity index (χ0n) is 8.22. The summed E-state index contributed by atoms with van der Waals surface area (Å²) in [4.78, 5) is 6.33. The third-order valence-electron chi connectivity index (χ3n) is 2.80. The van der Waals surface area contributed by atoms with E-state index in [0.717, 1.165) is 13.0 Å². The molecule has 0 amide bonds. The molecule has 0 saturated carbocycles. The summed E-state index contributed by atoms with van der Waals surface area (Å²) in [5.41, 5.74) is 1.22. The number of hydrogen-bond donors (Lipinski definition) is 0. The van der Waals surface area contributed by atoms with E-state index < -0.39 is 0 Å². The maximum atomic E-state index is 8.86. The van der Waals surface area contributed by atoms with Gasteiger partial charge in [0.2, 0.25) is 0 Å². The Bertz CT molecular complexity index is 341. The summed E-state index contributed by atoms with van der Waals surface area (Å²) in [6.45, 7) is 0.871. The van der Waals surface area contributed by atoms with Crippen molar-refractivity contribution in [3.63, 3.8) is 0 Å². The van der Waals surface area contributed by atoms with Crippen LogP contribution in [0.2, 0.25) is 0 Å². The Hall–Kier alpha value is -1.40. The lowest BCUT2D eigenvalue weighted by Crippen LogP contribution is -2.18. The highest BCUT2D eigenvalue weighted by atomic mass is 15.2. The standard InChI is InChI=1S/C11H13N3/c1-14-8-9(6-12)5-11(14)10-3-2-4-13-7-10/h2-4,7,9,11H,5,8H2,1H3/t9-,11+/m1/s1. The zero-order valence-corrected chi connectivity index (χ0v) is 8.22. The van der Waals surface area contributed by atoms with E-state index in [0.29, 0.717) is 6.04 Å². The van der Waals surface area contributed by atoms with E-state index in [1.807, 2.05) is 12.3 Å². The van der Waals surface area contributed by atoms with Crippen molar-refractivity contribution in [1.82, 2.24) is 9.88 Å². The van der Waals surface area contributed by atoms with Crippen molar-refractivity contribution in [2.45, 2.75) is 12.5 Å². The molecule has 0 unspecified atom stereocenters. The van der Waals surface area contributed by atoms with Crippen LogP contribution in [0.25, 0.3) is 0 Å². The fourth-order valence-electron chi connectivity index (χ4n) is 2.06. The second-order valence-electron chi connectivity index (χ2n) is 3.80. The Morgan fingerprint density at radius 1 is 1.64 bits per heavy atom. The highest BCUT2D eigenvalue weighted by molar-refractivity contribution is 5.16. The van der Waals surface area contributed by atoms with Crippen molar-refractivity contribution >= 4 is 0 Å². The minimum Gasteiger partial charge on any atom is -0.298 e. The summed E-state index contributed by atoms with van der Waals surface area (Å²) in [6.07, 6.45) is 4.60. The SMILES string of the molecule is CN1C[C@@H](C#N)C[C@H]1c1cccnc1. The molecule has 1 aliphatic heterocycles. The van der Waals surface area contributed by atoms with Gasteiger partial charge in [0.1, 0.15) is 0 Å². The maximum absolute atomic E-state index is 8.86. The maximum Gasteiger partial charge on any atom is 0.0670 e. The van der Waals surface area contributed by atoms with Crippen LogP contribution in [0.3, 0.4) is 0 Å². The Morgan fingerprint density at radius 3 is 3.07 bits per heavy atom. The van der Waals surface area contributed by atoms with Crippen LogP contribution >= 0.6 is 0 Å². The van der Waals surface area contributed by atoms with Gasteiger partial charge in [0.05, 0.1) is 12.0 Å². The van der Waals surface area contributed by atoms with Crippen LogP contribution in [0.15, 0.2) is 24.5 Å². The lowest BCUT2D eigenvalue weighted by atomic mass is 10.0. The van der Waals surface area contributed by atoms with Gasteiger partial charge in [0.25, 0.3) is 0 Å². The van der Waals surface area contributed by atoms with Gasteiger partial charge in [0, 0.05) is 25.0 Å². The number of nitrogens with zero attached hydrogens (tertiary/aromatic N) is 3. The molecule has 0 aromatic carbocycles. The smallest absolute Gasteiger partial charge is 0.0670 e. The van der Waals surface area contributed by atoms with E-state index in [-0.39, 0.29) is 5.92 Å². The van der Waals surface area contributed by atoms with Crippen LogP contribution in [-0.2, 0) is 0 Å². The van der Waals surface area contributed by atoms with Crippen molar-refractivity contribution in [2.75, 3.05) is 13.6 Å². The molecule has 1 aromatic heterocycles. The van der Waals surface area contributed by atoms with Crippen LogP contribution in [0.1, 0.15) is 18.0 Å². The first kappa shape index (κ1) is 9.17. The Labute approximate surface area is 84.0 Å². The third kappa shape index (κ3) is 1.61. The lowest BCUT2D eigenvalue weighted by Gasteiger charge is -2.18. The minimum absolute atomic E-state index is 0.171. The Balaban J connectivity index is 2.18. The average Bonchev–Trinajstić information content (AvgIpc) is 2.61. The number of rotatable bonds is 1. The molecule has 0 bridgehead atoms. The first-order valence-electron chi connectivity index (χ1n) is 4.81. The van der Waals surface area contributed by atoms with Gasteiger partial charge in [-0.1, -0.05) is 6.07 Å². The van der Waals surface area contributed by atoms with E-state index in [1.54, 1.807) is 6.20 Å². The van der Waals surface area contributed by atoms with Crippen LogP contribution in [-0.4, -0.2) is 23.5 Å². The van der Waals surface area contributed by atoms with Gasteiger partial charge in [-0.05, 0) is 25.1 Å². The highest BCUT2D eigenvalue weighted by Gasteiger charge is 2.30. The van der Waals surface area contributed by atoms with Crippen molar-refractivity contribution in [3.05, 3.63) is 30.1 Å². The normalized spacial score (nSPS) is 27.4. The van der Waals surface area contributed by atoms with E-state index in [9.17, 15) is 0 Å². The van der Waals surface area contributed by atoms with Crippen LogP contribution in [0, 0.1) is 17.2 Å². The third-order valence-corrected chi connectivity index (χ3v) is 2.80. The number of hydrogen-bond acceptors (Lipinski definition) is 3. The van der Waals surface area contributed by atoms with Crippen LogP contribution in [0.4, 0.5) is 0 Å². The molecule has 14 heavy (non-hydrogen) atoms. The molecule has 3 nitrogen and oxygen atoms in total. The molecule has 72 valence electrons. The largest absolute Gasteiger partial charge is 0.298 e. The fraction of sp³-hybridized carbons (Fsp3) is 0.455. The summed E-state index contributed by atoms with van der Waals surface area (Å²) >= 11 is 0. The summed E-state index contributed by atoms with van der Waals surface area (Å²) in [5.74, 6) is 0.171. The second-order valence-corrected chi connectivity index (χ2v) is 3.80. The quantitative estimate of drug-likeness (QED) is 0.670. The average molecular weight is 187 g/mol. The van der Waals surface area contributed by atoms with Gasteiger partial charge in [-0.15, -0.1) is 0 Å². The molecule has 1 fully saturated rings. The summed E-state index contributed by atoms with van der Waals surface area (Å²) in [6, 6.07) is 6.73. The minimum atomic E-state index is 0.171. The van der Waals surface area contributed by atoms with E-state index in [2.05, 4.69) is 29.1 Å². The monoisotopic (exact) mass is 187 g/mol. The highest BCUT2D eigenvalue weighted by Crippen LogP contribution is 2.32.